The second-order valence-corrected chi connectivity index (χ2v) is 10.0. The Hall–Kier alpha value is -2.85. The van der Waals surface area contributed by atoms with Gasteiger partial charge >= 0.3 is 12.1 Å². The van der Waals surface area contributed by atoms with E-state index in [1.165, 1.54) is 19.9 Å². The average molecular weight is 497 g/mol. The van der Waals surface area contributed by atoms with Crippen LogP contribution in [-0.4, -0.2) is 37.8 Å². The van der Waals surface area contributed by atoms with Crippen LogP contribution in [0.4, 0.5) is 13.2 Å². The maximum Gasteiger partial charge on any atom is 0.406 e. The van der Waals surface area contributed by atoms with Gasteiger partial charge in [-0.3, -0.25) is 0 Å². The van der Waals surface area contributed by atoms with Crippen molar-refractivity contribution in [3.63, 3.8) is 0 Å². The molecule has 0 saturated carbocycles. The van der Waals surface area contributed by atoms with Gasteiger partial charge in [-0.1, -0.05) is 29.3 Å². The van der Waals surface area contributed by atoms with Crippen LogP contribution >= 0.6 is 0 Å². The van der Waals surface area contributed by atoms with Gasteiger partial charge in [0.15, 0.2) is 0 Å². The maximum absolute atomic E-state index is 14.1. The van der Waals surface area contributed by atoms with Crippen LogP contribution in [0.3, 0.4) is 0 Å². The first kappa shape index (κ1) is 25.8. The van der Waals surface area contributed by atoms with E-state index in [-0.39, 0.29) is 17.2 Å². The van der Waals surface area contributed by atoms with Gasteiger partial charge in [-0.25, -0.2) is 13.2 Å². The number of hydrogen-bond donors (Lipinski definition) is 1. The second-order valence-electron chi connectivity index (χ2n) is 8.37. The Morgan fingerprint density at radius 1 is 1.03 bits per heavy atom. The van der Waals surface area contributed by atoms with Gasteiger partial charge in [-0.15, -0.1) is 0 Å². The number of aryl methyl sites for hydroxylation is 4. The van der Waals surface area contributed by atoms with Crippen molar-refractivity contribution in [3.05, 3.63) is 64.3 Å². The molecule has 0 amide bonds. The molecule has 184 valence electrons. The van der Waals surface area contributed by atoms with E-state index in [4.69, 9.17) is 4.74 Å². The Morgan fingerprint density at radius 3 is 2.21 bits per heavy atom. The molecule has 2 aromatic carbocycles. The molecule has 34 heavy (non-hydrogen) atoms. The molecule has 0 fully saturated rings. The number of carbonyl (C=O) groups is 1. The number of ether oxygens (including phenoxy) is 1. The number of nitrogens with one attached hydrogen (secondary N) is 1. The Balaban J connectivity index is 2.10. The summed E-state index contributed by atoms with van der Waals surface area (Å²) < 4.78 is 76.5. The van der Waals surface area contributed by atoms with E-state index in [0.29, 0.717) is 22.0 Å². The van der Waals surface area contributed by atoms with E-state index in [9.17, 15) is 26.4 Å². The Morgan fingerprint density at radius 2 is 1.65 bits per heavy atom. The molecule has 1 heterocycles. The average Bonchev–Trinajstić information content (AvgIpc) is 3.03. The highest BCUT2D eigenvalue weighted by atomic mass is 32.2. The molecule has 10 heteroatoms. The van der Waals surface area contributed by atoms with E-state index < -0.39 is 34.8 Å². The molecule has 0 aliphatic rings. The first-order valence-electron chi connectivity index (χ1n) is 10.7. The number of carbonyl (C=O) groups excluding carboxylic acids is 1. The van der Waals surface area contributed by atoms with Gasteiger partial charge in [0.25, 0.3) is 0 Å². The van der Waals surface area contributed by atoms with Crippen LogP contribution in [0.25, 0.3) is 10.9 Å². The molecule has 1 aromatic heterocycles. The molecule has 0 bridgehead atoms. The van der Waals surface area contributed by atoms with E-state index in [1.54, 1.807) is 44.2 Å². The number of hydrogen-bond acceptors (Lipinski definition) is 4. The van der Waals surface area contributed by atoms with Crippen molar-refractivity contribution in [2.45, 2.75) is 58.3 Å². The Kier molecular flexibility index (Phi) is 7.14. The minimum absolute atomic E-state index is 0.0424. The summed E-state index contributed by atoms with van der Waals surface area (Å²) in [6.07, 6.45) is -4.92. The number of rotatable bonds is 7. The highest BCUT2D eigenvalue weighted by Gasteiger charge is 2.43. The van der Waals surface area contributed by atoms with Crippen LogP contribution in [0.5, 0.6) is 0 Å². The van der Waals surface area contributed by atoms with Gasteiger partial charge in [-0.2, -0.15) is 17.9 Å². The summed E-state index contributed by atoms with van der Waals surface area (Å²) in [6, 6.07) is 7.22. The summed E-state index contributed by atoms with van der Waals surface area (Å²) in [7, 11) is -4.53. The third kappa shape index (κ3) is 5.28. The van der Waals surface area contributed by atoms with Gasteiger partial charge in [0, 0.05) is 17.4 Å². The predicted octanol–water partition coefficient (Wildman–Crippen LogP) is 4.96. The monoisotopic (exact) mass is 496 g/mol. The van der Waals surface area contributed by atoms with Gasteiger partial charge in [0.1, 0.15) is 11.7 Å². The summed E-state index contributed by atoms with van der Waals surface area (Å²) in [5.41, 5.74) is 2.64. The zero-order chi connectivity index (χ0) is 25.4. The minimum atomic E-state index is -4.92. The lowest BCUT2D eigenvalue weighted by Gasteiger charge is -2.24. The van der Waals surface area contributed by atoms with Gasteiger partial charge < -0.3 is 9.30 Å². The standard InChI is InChI=1S/C24H27F3N2O4S/c1-6-33-23(30)20-12-18-11-14(2)7-8-19(18)29(20)13-21(24(25,26)27)28-34(31,32)22-16(4)9-15(3)10-17(22)5/h7-12,21,28H,6,13H2,1-5H3. The number of halogens is 3. The smallest absolute Gasteiger partial charge is 0.406 e. The van der Waals surface area contributed by atoms with Gasteiger partial charge in [0.05, 0.1) is 11.5 Å². The van der Waals surface area contributed by atoms with Crippen molar-refractivity contribution in [2.75, 3.05) is 6.61 Å². The SMILES string of the molecule is CCOC(=O)c1cc2cc(C)ccc2n1CC(NS(=O)(=O)c1c(C)cc(C)cc1C)C(F)(F)F. The summed E-state index contributed by atoms with van der Waals surface area (Å²) in [5, 5.41) is 0.553. The van der Waals surface area contributed by atoms with Crippen LogP contribution in [0.15, 0.2) is 41.3 Å². The molecule has 3 rings (SSSR count). The number of sulfonamides is 1. The van der Waals surface area contributed by atoms with Crippen molar-refractivity contribution in [3.8, 4) is 0 Å². The maximum atomic E-state index is 14.1. The molecule has 0 aliphatic heterocycles. The quantitative estimate of drug-likeness (QED) is 0.469. The number of aromatic nitrogens is 1. The number of nitrogens with zero attached hydrogens (tertiary/aromatic N) is 1. The molecule has 3 aromatic rings. The topological polar surface area (TPSA) is 77.4 Å². The van der Waals surface area contributed by atoms with Crippen LogP contribution in [0, 0.1) is 27.7 Å². The van der Waals surface area contributed by atoms with Crippen molar-refractivity contribution in [2.24, 2.45) is 0 Å². The van der Waals surface area contributed by atoms with Crippen LogP contribution in [0.1, 0.15) is 39.7 Å². The number of esters is 1. The molecule has 6 nitrogen and oxygen atoms in total. The summed E-state index contributed by atoms with van der Waals surface area (Å²) in [5.74, 6) is -0.787. The molecule has 1 N–H and O–H groups in total. The van der Waals surface area contributed by atoms with Gasteiger partial charge in [-0.05, 0) is 63.9 Å². The zero-order valence-electron chi connectivity index (χ0n) is 19.6. The first-order valence-corrected chi connectivity index (χ1v) is 12.2. The first-order chi connectivity index (χ1) is 15.7. The van der Waals surface area contributed by atoms with E-state index in [0.717, 1.165) is 15.7 Å². The second kappa shape index (κ2) is 9.42. The van der Waals surface area contributed by atoms with E-state index >= 15 is 0 Å². The van der Waals surface area contributed by atoms with Gasteiger partial charge in [0.2, 0.25) is 10.0 Å². The number of fused-ring (bicyclic) bond motifs is 1. The molecule has 0 saturated heterocycles. The lowest BCUT2D eigenvalue weighted by Crippen LogP contribution is -2.48. The van der Waals surface area contributed by atoms with Crippen molar-refractivity contribution >= 4 is 26.9 Å². The summed E-state index contributed by atoms with van der Waals surface area (Å²) >= 11 is 0. The molecule has 1 atom stereocenters. The fraction of sp³-hybridized carbons (Fsp3) is 0.375. The molecule has 0 aliphatic carbocycles. The number of benzene rings is 2. The predicted molar refractivity (Wildman–Crippen MR) is 123 cm³/mol. The number of alkyl halides is 3. The van der Waals surface area contributed by atoms with Crippen molar-refractivity contribution in [1.29, 1.82) is 0 Å². The summed E-state index contributed by atoms with van der Waals surface area (Å²) in [6.45, 7) is 7.47. The van der Waals surface area contributed by atoms with E-state index in [1.807, 2.05) is 11.6 Å². The lowest BCUT2D eigenvalue weighted by atomic mass is 10.1. The van der Waals surface area contributed by atoms with Crippen LogP contribution in [-0.2, 0) is 21.3 Å². The van der Waals surface area contributed by atoms with Crippen LogP contribution in [0.2, 0.25) is 0 Å². The third-order valence-corrected chi connectivity index (χ3v) is 7.25. The third-order valence-electron chi connectivity index (χ3n) is 5.47. The largest absolute Gasteiger partial charge is 0.461 e. The molecular formula is C24H27F3N2O4S. The zero-order valence-corrected chi connectivity index (χ0v) is 20.4. The normalized spacial score (nSPS) is 13.3. The fourth-order valence-electron chi connectivity index (χ4n) is 4.19. The lowest BCUT2D eigenvalue weighted by molar-refractivity contribution is -0.154. The molecule has 0 radical (unpaired) electrons. The fourth-order valence-corrected chi connectivity index (χ4v) is 5.85. The summed E-state index contributed by atoms with van der Waals surface area (Å²) in [4.78, 5) is 12.3. The minimum Gasteiger partial charge on any atom is -0.461 e. The molecule has 0 spiro atoms. The van der Waals surface area contributed by atoms with E-state index in [2.05, 4.69) is 0 Å². The van der Waals surface area contributed by atoms with Crippen LogP contribution < -0.4 is 4.72 Å². The Labute approximate surface area is 196 Å². The highest BCUT2D eigenvalue weighted by molar-refractivity contribution is 7.89. The Bertz CT molecular complexity index is 1320. The molecule has 1 unspecified atom stereocenters. The highest BCUT2D eigenvalue weighted by Crippen LogP contribution is 2.29. The van der Waals surface area contributed by atoms with Crippen molar-refractivity contribution in [1.82, 2.24) is 9.29 Å². The molecular weight excluding hydrogens is 469 g/mol. The van der Waals surface area contributed by atoms with Crippen molar-refractivity contribution < 1.29 is 31.1 Å².